The van der Waals surface area contributed by atoms with Gasteiger partial charge in [0.25, 0.3) is 0 Å². The first-order chi connectivity index (χ1) is 22.6. The first-order valence-corrected chi connectivity index (χ1v) is 19.7. The molecule has 0 aliphatic carbocycles. The Bertz CT molecular complexity index is 1900. The van der Waals surface area contributed by atoms with Crippen LogP contribution in [-0.4, -0.2) is 5.88 Å². The van der Waals surface area contributed by atoms with E-state index in [1.54, 1.807) is 0 Å². The Morgan fingerprint density at radius 3 is 1.57 bits per heavy atom. The van der Waals surface area contributed by atoms with Gasteiger partial charge in [-0.25, -0.2) is 0 Å². The van der Waals surface area contributed by atoms with Gasteiger partial charge in [-0.2, -0.15) is 0 Å². The van der Waals surface area contributed by atoms with Gasteiger partial charge in [-0.1, -0.05) is 0 Å². The summed E-state index contributed by atoms with van der Waals surface area (Å²) in [4.78, 5) is 0. The molecule has 7 rings (SSSR count). The first kappa shape index (κ1) is 33.6. The first-order valence-electron chi connectivity index (χ1n) is 15.8. The van der Waals surface area contributed by atoms with Crippen LogP contribution in [0.4, 0.5) is 0 Å². The number of rotatable bonds is 8. The van der Waals surface area contributed by atoms with Crippen LogP contribution in [0.3, 0.4) is 0 Å². The molecule has 238 valence electrons. The maximum atomic E-state index is 7.41. The molecule has 1 aliphatic heterocycles. The van der Waals surface area contributed by atoms with E-state index in [1.165, 1.54) is 43.0 Å². The van der Waals surface area contributed by atoms with Crippen LogP contribution in [0.15, 0.2) is 170 Å². The molecule has 1 heterocycles. The Kier molecular flexibility index (Phi) is 10.3. The molecule has 0 fully saturated rings. The van der Waals surface area contributed by atoms with Crippen LogP contribution in [-0.2, 0) is 25.8 Å². The van der Waals surface area contributed by atoms with E-state index in [1.807, 2.05) is 0 Å². The summed E-state index contributed by atoms with van der Waals surface area (Å²) in [6.07, 6.45) is 2.13. The summed E-state index contributed by atoms with van der Waals surface area (Å²) in [5.74, 6) is 4.80. The van der Waals surface area contributed by atoms with E-state index in [4.69, 9.17) is 16.3 Å². The third-order valence-electron chi connectivity index (χ3n) is 9.17. The molecule has 0 radical (unpaired) electrons. The second-order valence-corrected chi connectivity index (χ2v) is 18.3. The van der Waals surface area contributed by atoms with Gasteiger partial charge in [0, 0.05) is 20.4 Å². The molecular formula is C42H37ClOP2Pd. The minimum Gasteiger partial charge on any atom is 0 e. The molecule has 0 saturated carbocycles. The average Bonchev–Trinajstić information content (AvgIpc) is 3.11. The van der Waals surface area contributed by atoms with Crippen LogP contribution in [0.25, 0.3) is 0 Å². The van der Waals surface area contributed by atoms with E-state index in [9.17, 15) is 0 Å². The summed E-state index contributed by atoms with van der Waals surface area (Å²) < 4.78 is 7.41. The topological polar surface area (TPSA) is 9.23 Å². The molecule has 0 saturated heterocycles. The Hall–Kier alpha value is -3.33. The van der Waals surface area contributed by atoms with Gasteiger partial charge in [-0.05, 0) is 0 Å². The van der Waals surface area contributed by atoms with Crippen molar-refractivity contribution < 1.29 is 25.2 Å². The van der Waals surface area contributed by atoms with Gasteiger partial charge >= 0.3 is 281 Å². The molecule has 0 unspecified atom stereocenters. The van der Waals surface area contributed by atoms with Gasteiger partial charge in [0.2, 0.25) is 0 Å². The number of halogens is 1. The number of benzene rings is 6. The number of fused-ring (bicyclic) bond motifs is 2. The molecular weight excluding hydrogens is 724 g/mol. The number of para-hydroxylation sites is 2. The molecule has 0 aromatic heterocycles. The molecule has 0 amide bonds. The van der Waals surface area contributed by atoms with Crippen molar-refractivity contribution in [2.24, 2.45) is 0 Å². The number of hydrogen-bond donors (Lipinski definition) is 0. The normalized spacial score (nSPS) is 13.7. The van der Waals surface area contributed by atoms with Crippen molar-refractivity contribution in [1.82, 2.24) is 0 Å². The van der Waals surface area contributed by atoms with Gasteiger partial charge in [0.15, 0.2) is 0 Å². The van der Waals surface area contributed by atoms with E-state index in [0.717, 1.165) is 11.5 Å². The van der Waals surface area contributed by atoms with Crippen LogP contribution < -0.4 is 36.6 Å². The van der Waals surface area contributed by atoms with Crippen molar-refractivity contribution in [3.8, 4) is 11.5 Å². The molecule has 0 bridgehead atoms. The van der Waals surface area contributed by atoms with E-state index in [2.05, 4.69) is 183 Å². The van der Waals surface area contributed by atoms with Crippen LogP contribution in [0.2, 0.25) is 0 Å². The number of alkyl halides is 1. The molecule has 1 aliphatic rings. The molecule has 1 nitrogen and oxygen atoms in total. The average molecular weight is 762 g/mol. The SMILES string of the molecule is CC1(C)c2cccc(P(c3ccccc3)c3ccccc3)c2Oc2c1cccc2[PH](C=CCCl)(c1ccccc1)c1ccccc1.[Pd]. The van der Waals surface area contributed by atoms with Crippen molar-refractivity contribution in [2.45, 2.75) is 19.3 Å². The minimum atomic E-state index is -2.77. The van der Waals surface area contributed by atoms with E-state index in [0.29, 0.717) is 5.88 Å². The zero-order valence-corrected chi connectivity index (χ0v) is 30.6. The number of hydrogen-bond acceptors (Lipinski definition) is 1. The smallest absolute Gasteiger partial charge is 0 e. The second-order valence-electron chi connectivity index (χ2n) is 12.2. The van der Waals surface area contributed by atoms with Crippen LogP contribution in [0.1, 0.15) is 25.0 Å². The van der Waals surface area contributed by atoms with Crippen molar-refractivity contribution in [3.05, 3.63) is 181 Å². The summed E-state index contributed by atoms with van der Waals surface area (Å²) in [6.45, 7) is 4.69. The van der Waals surface area contributed by atoms with Crippen molar-refractivity contribution in [2.75, 3.05) is 5.88 Å². The predicted octanol–water partition coefficient (Wildman–Crippen LogP) is 8.65. The summed E-state index contributed by atoms with van der Waals surface area (Å²) >= 11 is 6.40. The van der Waals surface area contributed by atoms with E-state index in [-0.39, 0.29) is 25.8 Å². The third-order valence-corrected chi connectivity index (χ3v) is 16.3. The zero-order valence-electron chi connectivity index (χ0n) is 26.4. The molecule has 0 atom stereocenters. The second kappa shape index (κ2) is 14.4. The Labute approximate surface area is 299 Å². The summed E-state index contributed by atoms with van der Waals surface area (Å²) in [5, 5.41) is 7.68. The van der Waals surface area contributed by atoms with Gasteiger partial charge in [-0.3, -0.25) is 0 Å². The maximum Gasteiger partial charge on any atom is 0 e. The standard InChI is InChI=1S/C42H37ClOP2.Pd/c1-42(2)36-26-15-28-38(45(32-18-7-3-8-19-32)33-20-9-4-10-21-33)40(36)44-41-37(42)27-16-29-39(41)46(31-17-30-43,34-22-11-5-12-23-34)35-24-13-6-14-25-35;/h3-29,31,46H,30H2,1-2H3;. The van der Waals surface area contributed by atoms with Gasteiger partial charge in [-0.15, -0.1) is 0 Å². The number of allylic oxidation sites excluding steroid dienone is 1. The van der Waals surface area contributed by atoms with Gasteiger partial charge in [0.1, 0.15) is 0 Å². The van der Waals surface area contributed by atoms with Crippen LogP contribution >= 0.6 is 26.8 Å². The molecule has 6 aromatic rings. The van der Waals surface area contributed by atoms with Gasteiger partial charge in [0.05, 0.1) is 0 Å². The van der Waals surface area contributed by atoms with Crippen molar-refractivity contribution in [3.63, 3.8) is 0 Å². The van der Waals surface area contributed by atoms with Gasteiger partial charge < -0.3 is 0 Å². The maximum absolute atomic E-state index is 7.41. The third kappa shape index (κ3) is 6.09. The fourth-order valence-corrected chi connectivity index (χ4v) is 13.9. The van der Waals surface area contributed by atoms with Crippen molar-refractivity contribution >= 4 is 58.6 Å². The Morgan fingerprint density at radius 2 is 1.06 bits per heavy atom. The molecule has 0 spiro atoms. The Balaban J connectivity index is 0.00000386. The molecule has 6 aromatic carbocycles. The molecule has 5 heteroatoms. The fourth-order valence-electron chi connectivity index (χ4n) is 6.96. The molecule has 47 heavy (non-hydrogen) atoms. The summed E-state index contributed by atoms with van der Waals surface area (Å²) in [5.41, 5.74) is 2.14. The largest absolute Gasteiger partial charge is 0 e. The minimum absolute atomic E-state index is 0. The van der Waals surface area contributed by atoms with Crippen LogP contribution in [0, 0.1) is 0 Å². The van der Waals surface area contributed by atoms with Crippen LogP contribution in [0.5, 0.6) is 11.5 Å². The summed E-state index contributed by atoms with van der Waals surface area (Å²) in [7, 11) is -3.64. The molecule has 0 N–H and O–H groups in total. The van der Waals surface area contributed by atoms with Crippen molar-refractivity contribution in [1.29, 1.82) is 0 Å². The Morgan fingerprint density at radius 1 is 0.596 bits per heavy atom. The quantitative estimate of drug-likeness (QED) is 0.0858. The summed E-state index contributed by atoms with van der Waals surface area (Å²) in [6, 6.07) is 57.2. The predicted molar refractivity (Wildman–Crippen MR) is 204 cm³/mol. The fraction of sp³-hybridized carbons (Fsp3) is 0.0952. The monoisotopic (exact) mass is 760 g/mol. The number of ether oxygens (including phenoxy) is 1. The zero-order chi connectivity index (χ0) is 31.6. The van der Waals surface area contributed by atoms with E-state index < -0.39 is 15.2 Å². The van der Waals surface area contributed by atoms with E-state index >= 15 is 0 Å².